The minimum atomic E-state index is -0.573. The summed E-state index contributed by atoms with van der Waals surface area (Å²) in [7, 11) is 0. The van der Waals surface area contributed by atoms with Crippen LogP contribution in [0.2, 0.25) is 0 Å². The Bertz CT molecular complexity index is 1090. The molecular formula is C40H60O. The predicted octanol–water partition coefficient (Wildman–Crippen LogP) is 12.4. The van der Waals surface area contributed by atoms with Crippen LogP contribution in [-0.2, 0) is 0 Å². The van der Waals surface area contributed by atoms with Gasteiger partial charge in [0.05, 0.1) is 5.60 Å². The zero-order valence-electron chi connectivity index (χ0n) is 28.1. The summed E-state index contributed by atoms with van der Waals surface area (Å²) in [5.41, 5.74) is 8.72. The Morgan fingerprint density at radius 2 is 0.927 bits per heavy atom. The Hall–Kier alpha value is -2.90. The second kappa shape index (κ2) is 22.8. The lowest BCUT2D eigenvalue weighted by Gasteiger charge is -2.16. The van der Waals surface area contributed by atoms with Gasteiger partial charge in [-0.05, 0) is 114 Å². The van der Waals surface area contributed by atoms with Crippen molar-refractivity contribution in [2.24, 2.45) is 0 Å². The van der Waals surface area contributed by atoms with Gasteiger partial charge in [-0.2, -0.15) is 0 Å². The maximum Gasteiger partial charge on any atom is 0.0591 e. The van der Waals surface area contributed by atoms with Crippen molar-refractivity contribution in [1.82, 2.24) is 0 Å². The van der Waals surface area contributed by atoms with Crippen LogP contribution in [0.25, 0.3) is 0 Å². The van der Waals surface area contributed by atoms with Gasteiger partial charge < -0.3 is 5.11 Å². The number of allylic oxidation sites excluding steroid dienone is 22. The molecule has 1 N–H and O–H groups in total. The Labute approximate surface area is 254 Å². The van der Waals surface area contributed by atoms with Crippen LogP contribution >= 0.6 is 0 Å². The van der Waals surface area contributed by atoms with E-state index in [4.69, 9.17) is 0 Å². The molecule has 0 unspecified atom stereocenters. The maximum absolute atomic E-state index is 9.82. The summed E-state index contributed by atoms with van der Waals surface area (Å²) in [6, 6.07) is 0. The molecule has 0 atom stereocenters. The summed E-state index contributed by atoms with van der Waals surface area (Å²) in [5, 5.41) is 9.82. The summed E-state index contributed by atoms with van der Waals surface area (Å²) in [6.07, 6.45) is 39.9. The van der Waals surface area contributed by atoms with Crippen LogP contribution in [0.5, 0.6) is 0 Å². The van der Waals surface area contributed by atoms with Crippen molar-refractivity contribution in [3.63, 3.8) is 0 Å². The normalized spacial score (nSPS) is 15.4. The van der Waals surface area contributed by atoms with Crippen LogP contribution in [0.4, 0.5) is 0 Å². The van der Waals surface area contributed by atoms with Gasteiger partial charge in [-0.1, -0.05) is 130 Å². The largest absolute Gasteiger partial charge is 0.390 e. The second-order valence-electron chi connectivity index (χ2n) is 12.3. The molecule has 0 rings (SSSR count). The molecule has 0 amide bonds. The SMILES string of the molecule is CC(C)=CCC/C(C)=C/CC/C(C)=C/C=C/C(C)=C/C=C/C=C(C)/C=C/C=C(C)/C=C/C=C(\C)CCCC(C)(C)O. The molecule has 226 valence electrons. The summed E-state index contributed by atoms with van der Waals surface area (Å²) in [5.74, 6) is 0. The third-order valence-corrected chi connectivity index (χ3v) is 6.51. The van der Waals surface area contributed by atoms with Crippen molar-refractivity contribution in [2.45, 2.75) is 120 Å². The van der Waals surface area contributed by atoms with E-state index in [-0.39, 0.29) is 0 Å². The van der Waals surface area contributed by atoms with Gasteiger partial charge in [0.2, 0.25) is 0 Å². The molecular weight excluding hydrogens is 496 g/mol. The first-order chi connectivity index (χ1) is 19.3. The molecule has 0 aromatic carbocycles. The first-order valence-electron chi connectivity index (χ1n) is 15.3. The molecule has 0 aromatic rings. The van der Waals surface area contributed by atoms with Crippen molar-refractivity contribution < 1.29 is 5.11 Å². The van der Waals surface area contributed by atoms with E-state index in [1.165, 1.54) is 39.0 Å². The Morgan fingerprint density at radius 3 is 1.41 bits per heavy atom. The quantitative estimate of drug-likeness (QED) is 0.131. The monoisotopic (exact) mass is 556 g/mol. The van der Waals surface area contributed by atoms with Gasteiger partial charge in [0, 0.05) is 0 Å². The topological polar surface area (TPSA) is 20.2 Å². The number of aliphatic hydroxyl groups is 1. The van der Waals surface area contributed by atoms with Crippen molar-refractivity contribution in [3.05, 3.63) is 130 Å². The van der Waals surface area contributed by atoms with Crippen LogP contribution in [0.3, 0.4) is 0 Å². The lowest BCUT2D eigenvalue weighted by Crippen LogP contribution is -2.17. The molecule has 0 spiro atoms. The number of hydrogen-bond donors (Lipinski definition) is 1. The smallest absolute Gasteiger partial charge is 0.0591 e. The zero-order chi connectivity index (χ0) is 31.1. The summed E-state index contributed by atoms with van der Waals surface area (Å²) < 4.78 is 0. The Morgan fingerprint density at radius 1 is 0.512 bits per heavy atom. The molecule has 0 saturated carbocycles. The van der Waals surface area contributed by atoms with Gasteiger partial charge >= 0.3 is 0 Å². The molecule has 41 heavy (non-hydrogen) atoms. The van der Waals surface area contributed by atoms with Crippen molar-refractivity contribution >= 4 is 0 Å². The third-order valence-electron chi connectivity index (χ3n) is 6.51. The molecule has 1 nitrogen and oxygen atoms in total. The fourth-order valence-electron chi connectivity index (χ4n) is 3.86. The molecule has 0 fully saturated rings. The van der Waals surface area contributed by atoms with E-state index in [1.807, 2.05) is 13.8 Å². The van der Waals surface area contributed by atoms with Crippen LogP contribution in [0.1, 0.15) is 114 Å². The summed E-state index contributed by atoms with van der Waals surface area (Å²) in [4.78, 5) is 0. The van der Waals surface area contributed by atoms with Gasteiger partial charge in [0.1, 0.15) is 0 Å². The minimum Gasteiger partial charge on any atom is -0.390 e. The first kappa shape index (κ1) is 38.1. The molecule has 0 aromatic heterocycles. The van der Waals surface area contributed by atoms with Gasteiger partial charge in [-0.25, -0.2) is 0 Å². The molecule has 0 bridgehead atoms. The van der Waals surface area contributed by atoms with Crippen LogP contribution < -0.4 is 0 Å². The molecule has 0 aliphatic heterocycles. The first-order valence-corrected chi connectivity index (χ1v) is 15.3. The lowest BCUT2D eigenvalue weighted by atomic mass is 9.99. The van der Waals surface area contributed by atoms with Gasteiger partial charge in [0.25, 0.3) is 0 Å². The highest BCUT2D eigenvalue weighted by molar-refractivity contribution is 5.31. The van der Waals surface area contributed by atoms with E-state index in [0.717, 1.165) is 44.9 Å². The van der Waals surface area contributed by atoms with E-state index < -0.39 is 5.60 Å². The van der Waals surface area contributed by atoms with Crippen LogP contribution in [-0.4, -0.2) is 10.7 Å². The Balaban J connectivity index is 4.59. The van der Waals surface area contributed by atoms with Gasteiger partial charge in [-0.15, -0.1) is 0 Å². The molecule has 1 heteroatoms. The fourth-order valence-corrected chi connectivity index (χ4v) is 3.86. The Kier molecular flexibility index (Phi) is 21.1. The fraction of sp³-hybridized carbons (Fsp3) is 0.450. The molecule has 0 aliphatic carbocycles. The summed E-state index contributed by atoms with van der Waals surface area (Å²) in [6.45, 7) is 21.0. The highest BCUT2D eigenvalue weighted by Gasteiger charge is 2.10. The van der Waals surface area contributed by atoms with E-state index in [2.05, 4.69) is 147 Å². The third kappa shape index (κ3) is 27.1. The molecule has 0 saturated heterocycles. The minimum absolute atomic E-state index is 0.573. The molecule has 0 radical (unpaired) electrons. The van der Waals surface area contributed by atoms with Crippen molar-refractivity contribution in [1.29, 1.82) is 0 Å². The predicted molar refractivity (Wildman–Crippen MR) is 187 cm³/mol. The van der Waals surface area contributed by atoms with E-state index in [9.17, 15) is 5.11 Å². The van der Waals surface area contributed by atoms with Gasteiger partial charge in [-0.3, -0.25) is 0 Å². The molecule has 0 aliphatic rings. The second-order valence-corrected chi connectivity index (χ2v) is 12.3. The van der Waals surface area contributed by atoms with E-state index in [0.29, 0.717) is 0 Å². The number of hydrogen-bond acceptors (Lipinski definition) is 1. The van der Waals surface area contributed by atoms with Crippen LogP contribution in [0.15, 0.2) is 130 Å². The maximum atomic E-state index is 9.82. The highest BCUT2D eigenvalue weighted by atomic mass is 16.3. The standard InChI is InChI=1S/C40H60O/c1-33(2)19-13-22-36(5)25-16-28-37(6)26-14-23-34(3)20-11-12-21-35(4)24-15-27-38(7)29-17-30-39(8)31-18-32-40(9,10)41/h11-12,14-15,17,19-21,23-27,29-30,41H,13,16,18,22,28,31-32H2,1-10H3/b12-11+,23-14+,24-15+,29-17+,34-20+,35-21+,36-25+,37-26+,38-27+,39-30+. The average Bonchev–Trinajstić information content (AvgIpc) is 2.85. The highest BCUT2D eigenvalue weighted by Crippen LogP contribution is 2.15. The van der Waals surface area contributed by atoms with E-state index >= 15 is 0 Å². The molecule has 0 heterocycles. The zero-order valence-corrected chi connectivity index (χ0v) is 28.1. The van der Waals surface area contributed by atoms with Crippen molar-refractivity contribution in [3.8, 4) is 0 Å². The number of rotatable bonds is 18. The average molecular weight is 557 g/mol. The van der Waals surface area contributed by atoms with E-state index in [1.54, 1.807) is 0 Å². The summed E-state index contributed by atoms with van der Waals surface area (Å²) >= 11 is 0. The lowest BCUT2D eigenvalue weighted by molar-refractivity contribution is 0.0689. The van der Waals surface area contributed by atoms with Gasteiger partial charge in [0.15, 0.2) is 0 Å². The van der Waals surface area contributed by atoms with Crippen LogP contribution in [0, 0.1) is 0 Å². The van der Waals surface area contributed by atoms with Crippen molar-refractivity contribution in [2.75, 3.05) is 0 Å².